The summed E-state index contributed by atoms with van der Waals surface area (Å²) < 4.78 is 5.76. The number of pyridine rings is 1. The van der Waals surface area contributed by atoms with Crippen LogP contribution < -0.4 is 10.6 Å². The average Bonchev–Trinajstić information content (AvgIpc) is 2.35. The summed E-state index contributed by atoms with van der Waals surface area (Å²) in [5, 5.41) is 12.1. The first-order valence-corrected chi connectivity index (χ1v) is 6.79. The zero-order valence-corrected chi connectivity index (χ0v) is 12.4. The van der Waals surface area contributed by atoms with Crippen LogP contribution in [0.5, 0.6) is 0 Å². The van der Waals surface area contributed by atoms with Crippen molar-refractivity contribution in [1.29, 1.82) is 0 Å². The summed E-state index contributed by atoms with van der Waals surface area (Å²) in [5.74, 6) is 0.0943. The minimum atomic E-state index is 0.0943. The second-order valence-corrected chi connectivity index (χ2v) is 5.39. The summed E-state index contributed by atoms with van der Waals surface area (Å²) in [6.07, 6.45) is 0.292. The van der Waals surface area contributed by atoms with E-state index in [9.17, 15) is 0 Å². The number of nitrogens with two attached hydrogens (primary N) is 1. The number of rotatable bonds is 2. The fourth-order valence-electron chi connectivity index (χ4n) is 2.80. The Kier molecular flexibility index (Phi) is 4.13. The quantitative estimate of drug-likeness (QED) is 0.370. The van der Waals surface area contributed by atoms with E-state index < -0.39 is 0 Å². The number of oxime groups is 1. The van der Waals surface area contributed by atoms with E-state index in [0.29, 0.717) is 5.56 Å². The minimum absolute atomic E-state index is 0.0943. The fraction of sp³-hybridized carbons (Fsp3) is 0.571. The molecule has 6 nitrogen and oxygen atoms in total. The molecule has 0 amide bonds. The fourth-order valence-corrected chi connectivity index (χ4v) is 2.80. The third-order valence-electron chi connectivity index (χ3n) is 3.43. The topological polar surface area (TPSA) is 84.0 Å². The predicted molar refractivity (Wildman–Crippen MR) is 78.4 cm³/mol. The normalized spacial score (nSPS) is 24.0. The van der Waals surface area contributed by atoms with Crippen molar-refractivity contribution in [2.75, 3.05) is 18.0 Å². The van der Waals surface area contributed by atoms with E-state index in [0.717, 1.165) is 30.2 Å². The molecule has 1 aliphatic rings. The number of hydrogen-bond acceptors (Lipinski definition) is 5. The molecule has 1 aromatic rings. The lowest BCUT2D eigenvalue weighted by Gasteiger charge is -2.38. The molecule has 2 atom stereocenters. The molecular formula is C14H22N4O2. The lowest BCUT2D eigenvalue weighted by atomic mass is 10.1. The zero-order chi connectivity index (χ0) is 14.9. The molecule has 2 heterocycles. The molecule has 0 unspecified atom stereocenters. The van der Waals surface area contributed by atoms with Gasteiger partial charge in [-0.05, 0) is 33.8 Å². The first-order chi connectivity index (χ1) is 9.42. The molecule has 1 aromatic heterocycles. The van der Waals surface area contributed by atoms with Gasteiger partial charge in [-0.15, -0.1) is 0 Å². The molecule has 3 N–H and O–H groups in total. The molecule has 110 valence electrons. The summed E-state index contributed by atoms with van der Waals surface area (Å²) in [6.45, 7) is 9.47. The van der Waals surface area contributed by atoms with E-state index in [-0.39, 0.29) is 18.0 Å². The first-order valence-electron chi connectivity index (χ1n) is 6.79. The third-order valence-corrected chi connectivity index (χ3v) is 3.43. The van der Waals surface area contributed by atoms with Gasteiger partial charge in [0.05, 0.1) is 29.2 Å². The molecule has 20 heavy (non-hydrogen) atoms. The summed E-state index contributed by atoms with van der Waals surface area (Å²) in [4.78, 5) is 6.62. The standard InChI is InChI=1S/C14H22N4O2/c1-8-5-12(13(11(4)16-8)14(15)17-19)18-6-9(2)20-10(3)7-18/h5,9-10,19H,6-7H2,1-4H3,(H2,15,17)/t9-,10+. The summed E-state index contributed by atoms with van der Waals surface area (Å²) in [5.41, 5.74) is 9.15. The number of aromatic nitrogens is 1. The molecule has 0 aromatic carbocycles. The van der Waals surface area contributed by atoms with Crippen molar-refractivity contribution >= 4 is 11.5 Å². The first kappa shape index (κ1) is 14.6. The Morgan fingerprint density at radius 1 is 1.40 bits per heavy atom. The molecule has 0 saturated carbocycles. The van der Waals surface area contributed by atoms with E-state index in [1.165, 1.54) is 0 Å². The van der Waals surface area contributed by atoms with E-state index in [2.05, 4.69) is 15.0 Å². The molecule has 0 radical (unpaired) electrons. The highest BCUT2D eigenvalue weighted by atomic mass is 16.5. The largest absolute Gasteiger partial charge is 0.409 e. The van der Waals surface area contributed by atoms with Crippen molar-refractivity contribution in [3.05, 3.63) is 23.0 Å². The Morgan fingerprint density at radius 3 is 2.55 bits per heavy atom. The maximum Gasteiger partial charge on any atom is 0.174 e. The van der Waals surface area contributed by atoms with Crippen LogP contribution in [0.1, 0.15) is 30.8 Å². The molecule has 0 aliphatic carbocycles. The van der Waals surface area contributed by atoms with Gasteiger partial charge in [0.2, 0.25) is 0 Å². The maximum atomic E-state index is 9.00. The van der Waals surface area contributed by atoms with Crippen LogP contribution in [0.2, 0.25) is 0 Å². The number of ether oxygens (including phenoxy) is 1. The Morgan fingerprint density at radius 2 is 2.00 bits per heavy atom. The molecule has 0 spiro atoms. The van der Waals surface area contributed by atoms with Crippen LogP contribution in [0.3, 0.4) is 0 Å². The van der Waals surface area contributed by atoms with Gasteiger partial charge in [0.15, 0.2) is 5.84 Å². The van der Waals surface area contributed by atoms with Gasteiger partial charge in [-0.3, -0.25) is 4.98 Å². The highest BCUT2D eigenvalue weighted by Crippen LogP contribution is 2.27. The number of morpholine rings is 1. The molecule has 1 aliphatic heterocycles. The van der Waals surface area contributed by atoms with Crippen molar-refractivity contribution in [3.8, 4) is 0 Å². The van der Waals surface area contributed by atoms with Crippen molar-refractivity contribution < 1.29 is 9.94 Å². The monoisotopic (exact) mass is 278 g/mol. The van der Waals surface area contributed by atoms with Gasteiger partial charge in [-0.2, -0.15) is 0 Å². The van der Waals surface area contributed by atoms with Crippen LogP contribution in [0.4, 0.5) is 5.69 Å². The SMILES string of the molecule is Cc1cc(N2C[C@@H](C)O[C@@H](C)C2)c(/C(N)=N/O)c(C)n1. The van der Waals surface area contributed by atoms with Crippen molar-refractivity contribution in [3.63, 3.8) is 0 Å². The van der Waals surface area contributed by atoms with Crippen molar-refractivity contribution in [2.24, 2.45) is 10.9 Å². The smallest absolute Gasteiger partial charge is 0.174 e. The van der Waals surface area contributed by atoms with Crippen LogP contribution in [0, 0.1) is 13.8 Å². The molecular weight excluding hydrogens is 256 g/mol. The molecule has 1 fully saturated rings. The highest BCUT2D eigenvalue weighted by Gasteiger charge is 2.26. The summed E-state index contributed by atoms with van der Waals surface area (Å²) >= 11 is 0. The van der Waals surface area contributed by atoms with Crippen molar-refractivity contribution in [2.45, 2.75) is 39.9 Å². The van der Waals surface area contributed by atoms with Gasteiger partial charge in [0.1, 0.15) is 0 Å². The van der Waals surface area contributed by atoms with Crippen LogP contribution in [-0.2, 0) is 4.74 Å². The Bertz CT molecular complexity index is 520. The number of hydrogen-bond donors (Lipinski definition) is 2. The van der Waals surface area contributed by atoms with Crippen LogP contribution >= 0.6 is 0 Å². The van der Waals surface area contributed by atoms with Gasteiger partial charge >= 0.3 is 0 Å². The summed E-state index contributed by atoms with van der Waals surface area (Å²) in [6, 6.07) is 1.98. The Hall–Kier alpha value is -1.82. The number of anilines is 1. The molecule has 1 saturated heterocycles. The van der Waals surface area contributed by atoms with Gasteiger partial charge in [0, 0.05) is 18.8 Å². The second-order valence-electron chi connectivity index (χ2n) is 5.39. The summed E-state index contributed by atoms with van der Waals surface area (Å²) in [7, 11) is 0. The van der Waals surface area contributed by atoms with Crippen LogP contribution in [0.15, 0.2) is 11.2 Å². The molecule has 2 rings (SSSR count). The lowest BCUT2D eigenvalue weighted by molar-refractivity contribution is -0.00523. The van der Waals surface area contributed by atoms with Gasteiger partial charge < -0.3 is 20.6 Å². The maximum absolute atomic E-state index is 9.00. The molecule has 6 heteroatoms. The number of aryl methyl sites for hydroxylation is 2. The number of amidine groups is 1. The zero-order valence-electron chi connectivity index (χ0n) is 12.4. The average molecular weight is 278 g/mol. The third kappa shape index (κ3) is 2.85. The molecule has 0 bridgehead atoms. The van der Waals surface area contributed by atoms with Gasteiger partial charge in [-0.25, -0.2) is 0 Å². The predicted octanol–water partition coefficient (Wildman–Crippen LogP) is 1.41. The van der Waals surface area contributed by atoms with Gasteiger partial charge in [0.25, 0.3) is 0 Å². The number of nitrogens with zero attached hydrogens (tertiary/aromatic N) is 3. The van der Waals surface area contributed by atoms with E-state index in [1.807, 2.05) is 33.8 Å². The highest BCUT2D eigenvalue weighted by molar-refractivity contribution is 6.03. The van der Waals surface area contributed by atoms with E-state index >= 15 is 0 Å². The second kappa shape index (κ2) is 5.66. The lowest BCUT2D eigenvalue weighted by Crippen LogP contribution is -2.46. The van der Waals surface area contributed by atoms with Crippen LogP contribution in [0.25, 0.3) is 0 Å². The Labute approximate surface area is 119 Å². The van der Waals surface area contributed by atoms with Crippen molar-refractivity contribution in [1.82, 2.24) is 4.98 Å². The minimum Gasteiger partial charge on any atom is -0.409 e. The Balaban J connectivity index is 2.49. The van der Waals surface area contributed by atoms with Crippen LogP contribution in [-0.4, -0.2) is 41.3 Å². The van der Waals surface area contributed by atoms with E-state index in [1.54, 1.807) is 0 Å². The van der Waals surface area contributed by atoms with Gasteiger partial charge in [-0.1, -0.05) is 5.16 Å². The van der Waals surface area contributed by atoms with E-state index in [4.69, 9.17) is 15.7 Å².